The molecular weight excluding hydrogens is 248 g/mol. The molecule has 6 nitrogen and oxygen atoms in total. The third-order valence-electron chi connectivity index (χ3n) is 2.03. The number of nitro groups is 1. The van der Waals surface area contributed by atoms with Crippen LogP contribution in [0.3, 0.4) is 0 Å². The predicted octanol–water partition coefficient (Wildman–Crippen LogP) is 0.899. The fraction of sp³-hybridized carbons (Fsp3) is 0.300. The summed E-state index contributed by atoms with van der Waals surface area (Å²) in [5.41, 5.74) is 0.391. The minimum atomic E-state index is -0.554. The van der Waals surface area contributed by atoms with Crippen LogP contribution in [-0.4, -0.2) is 29.1 Å². The average Bonchev–Trinajstić information content (AvgIpc) is 2.28. The van der Waals surface area contributed by atoms with Crippen LogP contribution in [0.2, 0.25) is 5.02 Å². The van der Waals surface area contributed by atoms with Crippen molar-refractivity contribution in [1.82, 2.24) is 5.32 Å². The van der Waals surface area contributed by atoms with E-state index in [2.05, 4.69) is 5.32 Å². The Kier molecular flexibility index (Phi) is 4.86. The van der Waals surface area contributed by atoms with E-state index in [9.17, 15) is 14.9 Å². The number of aliphatic hydroxyl groups is 1. The second-order valence-corrected chi connectivity index (χ2v) is 3.69. The van der Waals surface area contributed by atoms with Crippen LogP contribution in [-0.2, 0) is 11.2 Å². The molecule has 1 amide bonds. The van der Waals surface area contributed by atoms with Crippen molar-refractivity contribution in [2.45, 2.75) is 6.42 Å². The fourth-order valence-electron chi connectivity index (χ4n) is 1.22. The topological polar surface area (TPSA) is 92.5 Å². The van der Waals surface area contributed by atoms with Gasteiger partial charge < -0.3 is 10.4 Å². The number of benzene rings is 1. The highest BCUT2D eigenvalue weighted by Crippen LogP contribution is 2.22. The van der Waals surface area contributed by atoms with E-state index in [1.54, 1.807) is 0 Å². The molecule has 1 rings (SSSR count). The van der Waals surface area contributed by atoms with Crippen LogP contribution in [0.25, 0.3) is 0 Å². The summed E-state index contributed by atoms with van der Waals surface area (Å²) < 4.78 is 0. The maximum atomic E-state index is 11.3. The molecule has 7 heteroatoms. The fourth-order valence-corrected chi connectivity index (χ4v) is 1.47. The third kappa shape index (κ3) is 4.01. The van der Waals surface area contributed by atoms with Gasteiger partial charge in [0.2, 0.25) is 5.91 Å². The number of nitro benzene ring substituents is 1. The maximum Gasteiger partial charge on any atom is 0.270 e. The minimum Gasteiger partial charge on any atom is -0.395 e. The van der Waals surface area contributed by atoms with Crippen molar-refractivity contribution in [1.29, 1.82) is 0 Å². The molecule has 0 aliphatic heterocycles. The summed E-state index contributed by atoms with van der Waals surface area (Å²) in [7, 11) is 0. The molecule has 0 heterocycles. The third-order valence-corrected chi connectivity index (χ3v) is 2.38. The standard InChI is InChI=1S/C10H11ClN2O4/c11-9-6-8(13(16)17)2-1-7(9)5-10(15)12-3-4-14/h1-2,6,14H,3-5H2,(H,12,15). The molecule has 0 saturated heterocycles. The lowest BCUT2D eigenvalue weighted by Crippen LogP contribution is -2.27. The number of rotatable bonds is 5. The first-order valence-corrected chi connectivity index (χ1v) is 5.22. The molecule has 17 heavy (non-hydrogen) atoms. The highest BCUT2D eigenvalue weighted by Gasteiger charge is 2.11. The molecule has 0 spiro atoms. The first-order valence-electron chi connectivity index (χ1n) is 4.85. The first-order chi connectivity index (χ1) is 8.04. The zero-order valence-electron chi connectivity index (χ0n) is 8.85. The lowest BCUT2D eigenvalue weighted by Gasteiger charge is -2.05. The van der Waals surface area contributed by atoms with Crippen molar-refractivity contribution in [2.75, 3.05) is 13.2 Å². The summed E-state index contributed by atoms with van der Waals surface area (Å²) in [6.45, 7) is 0.0309. The van der Waals surface area contributed by atoms with Gasteiger partial charge in [-0.15, -0.1) is 0 Å². The Morgan fingerprint density at radius 2 is 2.24 bits per heavy atom. The summed E-state index contributed by atoms with van der Waals surface area (Å²) >= 11 is 5.82. The zero-order valence-corrected chi connectivity index (χ0v) is 9.61. The number of carbonyl (C=O) groups is 1. The summed E-state index contributed by atoms with van der Waals surface area (Å²) in [6.07, 6.45) is 0.0246. The average molecular weight is 259 g/mol. The number of nitrogens with one attached hydrogen (secondary N) is 1. The zero-order chi connectivity index (χ0) is 12.8. The molecule has 0 bridgehead atoms. The molecule has 0 fully saturated rings. The van der Waals surface area contributed by atoms with E-state index in [-0.39, 0.29) is 36.2 Å². The van der Waals surface area contributed by atoms with Gasteiger partial charge in [0, 0.05) is 18.7 Å². The molecule has 1 aromatic rings. The van der Waals surface area contributed by atoms with E-state index in [0.717, 1.165) is 0 Å². The molecule has 1 aromatic carbocycles. The Labute approximate surface area is 102 Å². The lowest BCUT2D eigenvalue weighted by atomic mass is 10.1. The van der Waals surface area contributed by atoms with Crippen molar-refractivity contribution in [3.63, 3.8) is 0 Å². The van der Waals surface area contributed by atoms with Crippen molar-refractivity contribution >= 4 is 23.2 Å². The largest absolute Gasteiger partial charge is 0.395 e. The van der Waals surface area contributed by atoms with Crippen molar-refractivity contribution in [2.24, 2.45) is 0 Å². The lowest BCUT2D eigenvalue weighted by molar-refractivity contribution is -0.384. The monoisotopic (exact) mass is 258 g/mol. The second-order valence-electron chi connectivity index (χ2n) is 3.28. The van der Waals surface area contributed by atoms with Crippen LogP contribution in [0.4, 0.5) is 5.69 Å². The Morgan fingerprint density at radius 3 is 2.76 bits per heavy atom. The van der Waals surface area contributed by atoms with E-state index in [4.69, 9.17) is 16.7 Å². The maximum absolute atomic E-state index is 11.3. The minimum absolute atomic E-state index is 0.0246. The summed E-state index contributed by atoms with van der Waals surface area (Å²) in [4.78, 5) is 21.2. The molecule has 0 unspecified atom stereocenters. The van der Waals surface area contributed by atoms with Crippen LogP contribution < -0.4 is 5.32 Å². The van der Waals surface area contributed by atoms with Crippen LogP contribution >= 0.6 is 11.6 Å². The number of hydrogen-bond donors (Lipinski definition) is 2. The number of halogens is 1. The van der Waals surface area contributed by atoms with E-state index >= 15 is 0 Å². The van der Waals surface area contributed by atoms with Crippen molar-refractivity contribution < 1.29 is 14.8 Å². The van der Waals surface area contributed by atoms with Gasteiger partial charge in [0.25, 0.3) is 5.69 Å². The molecule has 0 atom stereocenters. The van der Waals surface area contributed by atoms with Crippen molar-refractivity contribution in [3.8, 4) is 0 Å². The normalized spacial score (nSPS) is 10.0. The molecular formula is C10H11ClN2O4. The number of non-ortho nitro benzene ring substituents is 1. The number of amides is 1. The van der Waals surface area contributed by atoms with Gasteiger partial charge in [0.05, 0.1) is 23.0 Å². The van der Waals surface area contributed by atoms with Gasteiger partial charge in [-0.1, -0.05) is 17.7 Å². The van der Waals surface area contributed by atoms with Crippen molar-refractivity contribution in [3.05, 3.63) is 38.9 Å². The Morgan fingerprint density at radius 1 is 1.53 bits per heavy atom. The van der Waals surface area contributed by atoms with Crippen LogP contribution in [0.15, 0.2) is 18.2 Å². The molecule has 0 saturated carbocycles. The number of hydrogen-bond acceptors (Lipinski definition) is 4. The molecule has 0 aromatic heterocycles. The van der Waals surface area contributed by atoms with Crippen LogP contribution in [0, 0.1) is 10.1 Å². The van der Waals surface area contributed by atoms with E-state index in [1.165, 1.54) is 18.2 Å². The smallest absolute Gasteiger partial charge is 0.270 e. The second kappa shape index (κ2) is 6.17. The van der Waals surface area contributed by atoms with Gasteiger partial charge in [0.15, 0.2) is 0 Å². The Bertz CT molecular complexity index is 436. The molecule has 0 aliphatic rings. The highest BCUT2D eigenvalue weighted by molar-refractivity contribution is 6.31. The number of aliphatic hydroxyl groups excluding tert-OH is 1. The summed E-state index contributed by atoms with van der Waals surface area (Å²) in [6, 6.07) is 3.94. The van der Waals surface area contributed by atoms with Crippen LogP contribution in [0.5, 0.6) is 0 Å². The van der Waals surface area contributed by atoms with Gasteiger partial charge in [-0.05, 0) is 5.56 Å². The van der Waals surface area contributed by atoms with Gasteiger partial charge in [-0.25, -0.2) is 0 Å². The number of carbonyl (C=O) groups excluding carboxylic acids is 1. The Balaban J connectivity index is 2.72. The number of nitrogens with zero attached hydrogens (tertiary/aromatic N) is 1. The van der Waals surface area contributed by atoms with Gasteiger partial charge in [0.1, 0.15) is 0 Å². The highest BCUT2D eigenvalue weighted by atomic mass is 35.5. The van der Waals surface area contributed by atoms with E-state index < -0.39 is 4.92 Å². The molecule has 92 valence electrons. The predicted molar refractivity (Wildman–Crippen MR) is 61.9 cm³/mol. The Hall–Kier alpha value is -1.66. The summed E-state index contributed by atoms with van der Waals surface area (Å²) in [5.74, 6) is -0.296. The molecule has 2 N–H and O–H groups in total. The quantitative estimate of drug-likeness (QED) is 0.606. The molecule has 0 aliphatic carbocycles. The first kappa shape index (κ1) is 13.4. The van der Waals surface area contributed by atoms with Crippen LogP contribution in [0.1, 0.15) is 5.56 Å². The molecule has 0 radical (unpaired) electrons. The van der Waals surface area contributed by atoms with Gasteiger partial charge in [-0.3, -0.25) is 14.9 Å². The SMILES string of the molecule is O=C(Cc1ccc([N+](=O)[O-])cc1Cl)NCCO. The van der Waals surface area contributed by atoms with Gasteiger partial charge >= 0.3 is 0 Å². The van der Waals surface area contributed by atoms with Gasteiger partial charge in [-0.2, -0.15) is 0 Å². The van der Waals surface area contributed by atoms with E-state index in [1.807, 2.05) is 0 Å². The summed E-state index contributed by atoms with van der Waals surface area (Å²) in [5, 5.41) is 21.6. The van der Waals surface area contributed by atoms with E-state index in [0.29, 0.717) is 5.56 Å².